The monoisotopic (exact) mass is 435 g/mol. The van der Waals surface area contributed by atoms with E-state index in [9.17, 15) is 19.7 Å². The van der Waals surface area contributed by atoms with E-state index in [1.165, 1.54) is 29.2 Å². The number of nitrogens with one attached hydrogen (secondary N) is 1. The molecular weight excluding hydrogens is 417 g/mol. The molecule has 0 saturated carbocycles. The molecule has 7 nitrogen and oxygen atoms in total. The lowest BCUT2D eigenvalue weighted by Crippen LogP contribution is -2.37. The molecule has 2 aromatic carbocycles. The number of halogens is 2. The number of nitro groups is 1. The average molecular weight is 436 g/mol. The molecule has 0 bridgehead atoms. The van der Waals surface area contributed by atoms with E-state index in [1.54, 1.807) is 30.3 Å². The third-order valence-corrected chi connectivity index (χ3v) is 4.43. The molecule has 2 rings (SSSR count). The Balaban J connectivity index is 2.09. The number of hydrogen-bond donors (Lipinski definition) is 1. The highest BCUT2D eigenvalue weighted by atomic mass is 35.5. The van der Waals surface area contributed by atoms with Crippen LogP contribution in [0.5, 0.6) is 0 Å². The third-order valence-electron chi connectivity index (χ3n) is 3.88. The minimum absolute atomic E-state index is 0.103. The van der Waals surface area contributed by atoms with Crippen LogP contribution >= 0.6 is 23.2 Å². The fraction of sp³-hybridized carbons (Fsp3) is 0.200. The van der Waals surface area contributed by atoms with Crippen molar-refractivity contribution < 1.29 is 14.5 Å². The van der Waals surface area contributed by atoms with Crippen molar-refractivity contribution in [1.29, 1.82) is 0 Å². The lowest BCUT2D eigenvalue weighted by Gasteiger charge is -2.20. The van der Waals surface area contributed by atoms with Gasteiger partial charge in [0.25, 0.3) is 5.69 Å². The van der Waals surface area contributed by atoms with Crippen LogP contribution in [0, 0.1) is 10.1 Å². The third kappa shape index (κ3) is 6.58. The topological polar surface area (TPSA) is 92.6 Å². The first-order valence-corrected chi connectivity index (χ1v) is 9.52. The summed E-state index contributed by atoms with van der Waals surface area (Å²) in [5.41, 5.74) is 0.592. The largest absolute Gasteiger partial charge is 0.330 e. The molecule has 0 radical (unpaired) electrons. The van der Waals surface area contributed by atoms with E-state index in [2.05, 4.69) is 5.32 Å². The predicted octanol–water partition coefficient (Wildman–Crippen LogP) is 4.79. The van der Waals surface area contributed by atoms with Crippen LogP contribution in [0.4, 0.5) is 11.4 Å². The number of carbonyl (C=O) groups excluding carboxylic acids is 2. The SMILES string of the molecule is CCCN(CC(=O)Nc1ccc(Cl)cc1Cl)C(=O)C=Cc1ccccc1[N+](=O)[O-]. The minimum Gasteiger partial charge on any atom is -0.330 e. The number of nitrogens with zero attached hydrogens (tertiary/aromatic N) is 2. The Bertz CT molecular complexity index is 947. The minimum atomic E-state index is -0.517. The lowest BCUT2D eigenvalue weighted by molar-refractivity contribution is -0.385. The molecule has 29 heavy (non-hydrogen) atoms. The maximum atomic E-state index is 12.5. The van der Waals surface area contributed by atoms with Crippen molar-refractivity contribution in [3.05, 3.63) is 74.3 Å². The number of rotatable bonds is 8. The number of para-hydroxylation sites is 1. The fourth-order valence-corrected chi connectivity index (χ4v) is 3.01. The molecule has 0 aromatic heterocycles. The predicted molar refractivity (Wildman–Crippen MR) is 114 cm³/mol. The summed E-state index contributed by atoms with van der Waals surface area (Å²) in [6, 6.07) is 10.8. The molecule has 0 unspecified atom stereocenters. The summed E-state index contributed by atoms with van der Waals surface area (Å²) in [7, 11) is 0. The van der Waals surface area contributed by atoms with Gasteiger partial charge in [-0.3, -0.25) is 19.7 Å². The molecule has 1 N–H and O–H groups in total. The van der Waals surface area contributed by atoms with Gasteiger partial charge in [-0.2, -0.15) is 0 Å². The van der Waals surface area contributed by atoms with E-state index < -0.39 is 16.7 Å². The molecule has 2 amide bonds. The Morgan fingerprint density at radius 1 is 1.21 bits per heavy atom. The van der Waals surface area contributed by atoms with Crippen LogP contribution in [0.3, 0.4) is 0 Å². The highest BCUT2D eigenvalue weighted by molar-refractivity contribution is 6.36. The highest BCUT2D eigenvalue weighted by Gasteiger charge is 2.16. The van der Waals surface area contributed by atoms with Crippen LogP contribution in [-0.2, 0) is 9.59 Å². The highest BCUT2D eigenvalue weighted by Crippen LogP contribution is 2.25. The number of anilines is 1. The van der Waals surface area contributed by atoms with Crippen molar-refractivity contribution in [3.63, 3.8) is 0 Å². The summed E-state index contributed by atoms with van der Waals surface area (Å²) in [6.45, 7) is 2.04. The number of nitro benzene ring substituents is 1. The summed E-state index contributed by atoms with van der Waals surface area (Å²) >= 11 is 11.9. The fourth-order valence-electron chi connectivity index (χ4n) is 2.55. The van der Waals surface area contributed by atoms with Gasteiger partial charge in [-0.1, -0.05) is 42.3 Å². The van der Waals surface area contributed by atoms with Crippen molar-refractivity contribution in [1.82, 2.24) is 4.90 Å². The summed E-state index contributed by atoms with van der Waals surface area (Å²) in [6.07, 6.45) is 3.23. The smallest absolute Gasteiger partial charge is 0.276 e. The Morgan fingerprint density at radius 3 is 2.59 bits per heavy atom. The van der Waals surface area contributed by atoms with Crippen molar-refractivity contribution in [2.75, 3.05) is 18.4 Å². The zero-order valence-corrected chi connectivity index (χ0v) is 17.1. The first-order valence-electron chi connectivity index (χ1n) is 8.77. The van der Waals surface area contributed by atoms with Crippen molar-refractivity contribution in [3.8, 4) is 0 Å². The van der Waals surface area contributed by atoms with Crippen LogP contribution < -0.4 is 5.32 Å². The van der Waals surface area contributed by atoms with Gasteiger partial charge >= 0.3 is 0 Å². The van der Waals surface area contributed by atoms with E-state index in [0.717, 1.165) is 0 Å². The zero-order valence-electron chi connectivity index (χ0n) is 15.6. The Kier molecular flexibility index (Phi) is 8.18. The molecule has 152 valence electrons. The van der Waals surface area contributed by atoms with E-state index in [4.69, 9.17) is 23.2 Å². The molecule has 0 aliphatic carbocycles. The Morgan fingerprint density at radius 2 is 1.93 bits per heavy atom. The van der Waals surface area contributed by atoms with E-state index >= 15 is 0 Å². The molecule has 0 atom stereocenters. The van der Waals surface area contributed by atoms with Crippen LogP contribution in [0.1, 0.15) is 18.9 Å². The summed E-state index contributed by atoms with van der Waals surface area (Å²) in [5.74, 6) is -0.850. The molecule has 2 aromatic rings. The van der Waals surface area contributed by atoms with Crippen molar-refractivity contribution >= 4 is 52.5 Å². The van der Waals surface area contributed by atoms with Crippen molar-refractivity contribution in [2.24, 2.45) is 0 Å². The molecule has 9 heteroatoms. The van der Waals surface area contributed by atoms with Gasteiger partial charge in [-0.15, -0.1) is 0 Å². The molecule has 0 heterocycles. The molecule has 0 aliphatic rings. The molecule has 0 fully saturated rings. The molecule has 0 spiro atoms. The van der Waals surface area contributed by atoms with Crippen LogP contribution in [0.2, 0.25) is 10.0 Å². The first kappa shape index (κ1) is 22.4. The molecule has 0 aliphatic heterocycles. The number of amides is 2. The first-order chi connectivity index (χ1) is 13.8. The second-order valence-electron chi connectivity index (χ2n) is 6.08. The van der Waals surface area contributed by atoms with Crippen LogP contribution in [0.25, 0.3) is 6.08 Å². The van der Waals surface area contributed by atoms with E-state index in [-0.39, 0.29) is 17.3 Å². The van der Waals surface area contributed by atoms with E-state index in [0.29, 0.717) is 29.2 Å². The number of carbonyl (C=O) groups is 2. The van der Waals surface area contributed by atoms with Gasteiger partial charge < -0.3 is 10.2 Å². The lowest BCUT2D eigenvalue weighted by atomic mass is 10.1. The maximum Gasteiger partial charge on any atom is 0.276 e. The van der Waals surface area contributed by atoms with Crippen LogP contribution in [0.15, 0.2) is 48.5 Å². The van der Waals surface area contributed by atoms with Gasteiger partial charge in [0.15, 0.2) is 0 Å². The Labute approximate surface area is 178 Å². The standard InChI is InChI=1S/C20H19Cl2N3O4/c1-2-11-24(13-19(26)23-17-9-8-15(21)12-16(17)22)20(27)10-7-14-5-3-4-6-18(14)25(28)29/h3-10,12H,2,11,13H2,1H3,(H,23,26). The second-order valence-corrected chi connectivity index (χ2v) is 6.93. The van der Waals surface area contributed by atoms with E-state index in [1.807, 2.05) is 6.92 Å². The quantitative estimate of drug-likeness (QED) is 0.366. The maximum absolute atomic E-state index is 12.5. The molecule has 0 saturated heterocycles. The van der Waals surface area contributed by atoms with Gasteiger partial charge in [-0.25, -0.2) is 0 Å². The van der Waals surface area contributed by atoms with Crippen LogP contribution in [-0.4, -0.2) is 34.7 Å². The Hall–Kier alpha value is -2.90. The number of benzene rings is 2. The van der Waals surface area contributed by atoms with Crippen molar-refractivity contribution in [2.45, 2.75) is 13.3 Å². The summed E-state index contributed by atoms with van der Waals surface area (Å²) in [4.78, 5) is 36.8. The second kappa shape index (κ2) is 10.6. The van der Waals surface area contributed by atoms with Gasteiger partial charge in [-0.05, 0) is 36.8 Å². The zero-order chi connectivity index (χ0) is 21.4. The average Bonchev–Trinajstić information content (AvgIpc) is 2.68. The van der Waals surface area contributed by atoms with Gasteiger partial charge in [0.2, 0.25) is 11.8 Å². The number of hydrogen-bond acceptors (Lipinski definition) is 4. The summed E-state index contributed by atoms with van der Waals surface area (Å²) < 4.78 is 0. The molecular formula is C20H19Cl2N3O4. The normalized spacial score (nSPS) is 10.7. The van der Waals surface area contributed by atoms with Gasteiger partial charge in [0.1, 0.15) is 6.54 Å². The van der Waals surface area contributed by atoms with Gasteiger partial charge in [0.05, 0.1) is 21.2 Å². The summed E-state index contributed by atoms with van der Waals surface area (Å²) in [5, 5.41) is 14.4. The van der Waals surface area contributed by atoms with Gasteiger partial charge in [0, 0.05) is 23.7 Å².